The number of likely N-dealkylation sites (tertiary alicyclic amines) is 1. The molecule has 1 aromatic carbocycles. The topological polar surface area (TPSA) is 38.8 Å². The molecule has 2 aliphatic rings. The molecule has 138 valence electrons. The summed E-state index contributed by atoms with van der Waals surface area (Å²) in [6.07, 6.45) is 3.00. The maximum atomic E-state index is 13.0. The lowest BCUT2D eigenvalue weighted by molar-refractivity contribution is -0.122. The fourth-order valence-corrected chi connectivity index (χ4v) is 3.79. The van der Waals surface area contributed by atoms with E-state index in [2.05, 4.69) is 34.1 Å². The molecule has 6 heteroatoms. The third-order valence-electron chi connectivity index (χ3n) is 5.40. The zero-order valence-corrected chi connectivity index (χ0v) is 15.2. The van der Waals surface area contributed by atoms with Crippen LogP contribution in [0.3, 0.4) is 0 Å². The molecule has 25 heavy (non-hydrogen) atoms. The Bertz CT molecular complexity index is 569. The minimum atomic E-state index is -0.204. The second kappa shape index (κ2) is 8.15. The number of anilines is 1. The van der Waals surface area contributed by atoms with Gasteiger partial charge in [-0.05, 0) is 57.6 Å². The summed E-state index contributed by atoms with van der Waals surface area (Å²) in [6, 6.07) is 7.45. The Morgan fingerprint density at radius 3 is 2.44 bits per heavy atom. The molecule has 1 unspecified atom stereocenters. The molecule has 5 nitrogen and oxygen atoms in total. The molecule has 2 fully saturated rings. The van der Waals surface area contributed by atoms with E-state index in [1.54, 1.807) is 0 Å². The summed E-state index contributed by atoms with van der Waals surface area (Å²) < 4.78 is 13.0. The SMILES string of the molecule is CN(C)C1CCN(CC(=O)NC2CCN(c3ccc(F)cc3)CC2)C1. The third kappa shape index (κ3) is 4.92. The average molecular weight is 348 g/mol. The second-order valence-electron chi connectivity index (χ2n) is 7.45. The highest BCUT2D eigenvalue weighted by atomic mass is 19.1. The highest BCUT2D eigenvalue weighted by molar-refractivity contribution is 5.78. The summed E-state index contributed by atoms with van der Waals surface area (Å²) in [6.45, 7) is 4.26. The van der Waals surface area contributed by atoms with E-state index >= 15 is 0 Å². The van der Waals surface area contributed by atoms with Crippen molar-refractivity contribution < 1.29 is 9.18 Å². The third-order valence-corrected chi connectivity index (χ3v) is 5.40. The number of halogens is 1. The lowest BCUT2D eigenvalue weighted by atomic mass is 10.0. The van der Waals surface area contributed by atoms with Gasteiger partial charge in [-0.3, -0.25) is 9.69 Å². The molecule has 3 rings (SSSR count). The van der Waals surface area contributed by atoms with E-state index in [0.29, 0.717) is 12.6 Å². The van der Waals surface area contributed by atoms with Gasteiger partial charge in [0.05, 0.1) is 6.54 Å². The van der Waals surface area contributed by atoms with Crippen LogP contribution < -0.4 is 10.2 Å². The number of nitrogens with one attached hydrogen (secondary N) is 1. The van der Waals surface area contributed by atoms with Gasteiger partial charge in [-0.15, -0.1) is 0 Å². The number of likely N-dealkylation sites (N-methyl/N-ethyl adjacent to an activating group) is 1. The normalized spacial score (nSPS) is 22.6. The van der Waals surface area contributed by atoms with Crippen molar-refractivity contribution in [1.82, 2.24) is 15.1 Å². The largest absolute Gasteiger partial charge is 0.371 e. The predicted octanol–water partition coefficient (Wildman–Crippen LogP) is 1.55. The van der Waals surface area contributed by atoms with E-state index in [9.17, 15) is 9.18 Å². The first-order valence-corrected chi connectivity index (χ1v) is 9.20. The fourth-order valence-electron chi connectivity index (χ4n) is 3.79. The number of piperidine rings is 1. The monoisotopic (exact) mass is 348 g/mol. The number of hydrogen-bond acceptors (Lipinski definition) is 4. The maximum absolute atomic E-state index is 13.0. The Morgan fingerprint density at radius 2 is 1.84 bits per heavy atom. The number of amides is 1. The first-order valence-electron chi connectivity index (χ1n) is 9.20. The standard InChI is InChI=1S/C19H29FN4O/c1-22(2)18-9-10-23(13-18)14-19(25)21-16-7-11-24(12-8-16)17-5-3-15(20)4-6-17/h3-6,16,18H,7-14H2,1-2H3,(H,21,25). The predicted molar refractivity (Wildman–Crippen MR) is 98.3 cm³/mol. The minimum absolute atomic E-state index is 0.139. The number of carbonyl (C=O) groups excluding carboxylic acids is 1. The lowest BCUT2D eigenvalue weighted by Gasteiger charge is -2.34. The van der Waals surface area contributed by atoms with Crippen LogP contribution in [0.25, 0.3) is 0 Å². The van der Waals surface area contributed by atoms with Crippen LogP contribution in [0.15, 0.2) is 24.3 Å². The Kier molecular flexibility index (Phi) is 5.91. The van der Waals surface area contributed by atoms with Crippen LogP contribution in [0.5, 0.6) is 0 Å². The molecular formula is C19H29FN4O. The zero-order valence-electron chi connectivity index (χ0n) is 15.2. The molecule has 0 spiro atoms. The van der Waals surface area contributed by atoms with E-state index in [1.807, 2.05) is 12.1 Å². The van der Waals surface area contributed by atoms with Crippen molar-refractivity contribution in [2.24, 2.45) is 0 Å². The molecule has 0 saturated carbocycles. The van der Waals surface area contributed by atoms with Gasteiger partial charge in [-0.1, -0.05) is 0 Å². The van der Waals surface area contributed by atoms with Crippen LogP contribution in [0.4, 0.5) is 10.1 Å². The highest BCUT2D eigenvalue weighted by Gasteiger charge is 2.26. The number of carbonyl (C=O) groups is 1. The molecule has 1 amide bonds. The van der Waals surface area contributed by atoms with E-state index in [1.165, 1.54) is 12.1 Å². The number of nitrogens with zero attached hydrogens (tertiary/aromatic N) is 3. The quantitative estimate of drug-likeness (QED) is 0.876. The van der Waals surface area contributed by atoms with Crippen LogP contribution in [0, 0.1) is 5.82 Å². The summed E-state index contributed by atoms with van der Waals surface area (Å²) in [5.74, 6) is -0.0658. The van der Waals surface area contributed by atoms with E-state index < -0.39 is 0 Å². The molecule has 1 aromatic rings. The van der Waals surface area contributed by atoms with Crippen molar-refractivity contribution in [3.8, 4) is 0 Å². The summed E-state index contributed by atoms with van der Waals surface area (Å²) in [4.78, 5) is 19.0. The van der Waals surface area contributed by atoms with Gasteiger partial charge in [-0.2, -0.15) is 0 Å². The highest BCUT2D eigenvalue weighted by Crippen LogP contribution is 2.20. The Balaban J connectivity index is 1.40. The van der Waals surface area contributed by atoms with Gasteiger partial charge >= 0.3 is 0 Å². The van der Waals surface area contributed by atoms with Gasteiger partial charge in [-0.25, -0.2) is 4.39 Å². The minimum Gasteiger partial charge on any atom is -0.371 e. The number of hydrogen-bond donors (Lipinski definition) is 1. The fraction of sp³-hybridized carbons (Fsp3) is 0.632. The van der Waals surface area contributed by atoms with Crippen molar-refractivity contribution in [2.75, 3.05) is 51.7 Å². The average Bonchev–Trinajstić information content (AvgIpc) is 3.05. The molecular weight excluding hydrogens is 319 g/mol. The van der Waals surface area contributed by atoms with E-state index in [4.69, 9.17) is 0 Å². The van der Waals surface area contributed by atoms with Gasteiger partial charge in [0.25, 0.3) is 0 Å². The lowest BCUT2D eigenvalue weighted by Crippen LogP contribution is -2.47. The first-order chi connectivity index (χ1) is 12.0. The number of benzene rings is 1. The molecule has 2 heterocycles. The Labute approximate surface area is 149 Å². The molecule has 2 aliphatic heterocycles. The van der Waals surface area contributed by atoms with Gasteiger partial charge in [0.15, 0.2) is 0 Å². The van der Waals surface area contributed by atoms with Crippen molar-refractivity contribution in [2.45, 2.75) is 31.3 Å². The van der Waals surface area contributed by atoms with Crippen molar-refractivity contribution >= 4 is 11.6 Å². The zero-order chi connectivity index (χ0) is 17.8. The molecule has 2 saturated heterocycles. The van der Waals surface area contributed by atoms with Gasteiger partial charge in [0, 0.05) is 44.0 Å². The Hall–Kier alpha value is -1.66. The maximum Gasteiger partial charge on any atom is 0.234 e. The van der Waals surface area contributed by atoms with Crippen molar-refractivity contribution in [3.05, 3.63) is 30.1 Å². The van der Waals surface area contributed by atoms with Crippen molar-refractivity contribution in [3.63, 3.8) is 0 Å². The van der Waals surface area contributed by atoms with Crippen molar-refractivity contribution in [1.29, 1.82) is 0 Å². The van der Waals surface area contributed by atoms with Crippen LogP contribution in [-0.4, -0.2) is 74.6 Å². The van der Waals surface area contributed by atoms with Crippen LogP contribution >= 0.6 is 0 Å². The summed E-state index contributed by atoms with van der Waals surface area (Å²) >= 11 is 0. The van der Waals surface area contributed by atoms with Gasteiger partial charge in [0.2, 0.25) is 5.91 Å². The smallest absolute Gasteiger partial charge is 0.234 e. The summed E-state index contributed by atoms with van der Waals surface area (Å²) in [7, 11) is 4.20. The molecule has 0 aliphatic carbocycles. The molecule has 0 bridgehead atoms. The van der Waals surface area contributed by atoms with Gasteiger partial charge in [0.1, 0.15) is 5.82 Å². The second-order valence-corrected chi connectivity index (χ2v) is 7.45. The summed E-state index contributed by atoms with van der Waals surface area (Å²) in [5, 5.41) is 3.19. The summed E-state index contributed by atoms with van der Waals surface area (Å²) in [5.41, 5.74) is 1.05. The molecule has 1 N–H and O–H groups in total. The molecule has 0 radical (unpaired) electrons. The van der Waals surface area contributed by atoms with E-state index in [-0.39, 0.29) is 17.8 Å². The molecule has 0 aromatic heterocycles. The van der Waals surface area contributed by atoms with Crippen LogP contribution in [-0.2, 0) is 4.79 Å². The van der Waals surface area contributed by atoms with Crippen LogP contribution in [0.2, 0.25) is 0 Å². The van der Waals surface area contributed by atoms with Gasteiger partial charge < -0.3 is 15.1 Å². The molecule has 1 atom stereocenters. The van der Waals surface area contributed by atoms with E-state index in [0.717, 1.165) is 51.1 Å². The Morgan fingerprint density at radius 1 is 1.16 bits per heavy atom. The van der Waals surface area contributed by atoms with Crippen LogP contribution in [0.1, 0.15) is 19.3 Å². The first kappa shape index (κ1) is 18.1. The number of rotatable bonds is 5.